The second kappa shape index (κ2) is 6.00. The first-order chi connectivity index (χ1) is 11.2. The lowest BCUT2D eigenvalue weighted by Gasteiger charge is -2.20. The van der Waals surface area contributed by atoms with Crippen LogP contribution in [0.4, 0.5) is 5.69 Å². The topological polar surface area (TPSA) is 46.9 Å². The zero-order chi connectivity index (χ0) is 15.8. The number of halogens is 1. The summed E-state index contributed by atoms with van der Waals surface area (Å²) in [7, 11) is 0. The van der Waals surface area contributed by atoms with Crippen LogP contribution in [0.5, 0.6) is 0 Å². The smallest absolute Gasteiger partial charge is 0.224 e. The van der Waals surface area contributed by atoms with Crippen LogP contribution in [0.3, 0.4) is 0 Å². The average molecular weight is 330 g/mol. The molecule has 2 aromatic rings. The number of anilines is 1. The molecule has 120 valence electrons. The molecular formula is C18H20ClN3O. The molecule has 1 aromatic carbocycles. The number of hydrogen-bond donors (Lipinski definition) is 1. The maximum atomic E-state index is 12.3. The third-order valence-corrected chi connectivity index (χ3v) is 5.49. The third kappa shape index (κ3) is 3.13. The van der Waals surface area contributed by atoms with Crippen LogP contribution in [0, 0.1) is 17.8 Å². The number of nitrogens with one attached hydrogen (secondary N) is 1. The van der Waals surface area contributed by atoms with E-state index in [0.717, 1.165) is 23.2 Å². The predicted molar refractivity (Wildman–Crippen MR) is 90.8 cm³/mol. The first kappa shape index (κ1) is 14.8. The van der Waals surface area contributed by atoms with Crippen LogP contribution in [0.25, 0.3) is 5.69 Å². The van der Waals surface area contributed by atoms with Gasteiger partial charge in [0.1, 0.15) is 0 Å². The van der Waals surface area contributed by atoms with Gasteiger partial charge in [0.25, 0.3) is 0 Å². The van der Waals surface area contributed by atoms with E-state index in [9.17, 15) is 4.79 Å². The summed E-state index contributed by atoms with van der Waals surface area (Å²) in [6, 6.07) is 7.67. The minimum Gasteiger partial charge on any atom is -0.326 e. The standard InChI is InChI=1S/C18H20ClN3O/c19-15-10-20-22(11-15)17-5-3-16(4-6-17)21-18(23)9-14-8-12-1-2-13(14)7-12/h3-6,10-14H,1-2,7-9H2,(H,21,23)/t12-,13+,14-/m0/s1. The lowest BCUT2D eigenvalue weighted by molar-refractivity contribution is -0.117. The third-order valence-electron chi connectivity index (χ3n) is 5.30. The van der Waals surface area contributed by atoms with Crippen molar-refractivity contribution >= 4 is 23.2 Å². The van der Waals surface area contributed by atoms with E-state index in [0.29, 0.717) is 17.4 Å². The molecule has 0 unspecified atom stereocenters. The molecule has 0 radical (unpaired) electrons. The second-order valence-electron chi connectivity index (χ2n) is 6.84. The van der Waals surface area contributed by atoms with Crippen molar-refractivity contribution in [1.29, 1.82) is 0 Å². The largest absolute Gasteiger partial charge is 0.326 e. The summed E-state index contributed by atoms with van der Waals surface area (Å²) in [6.45, 7) is 0. The van der Waals surface area contributed by atoms with Gasteiger partial charge >= 0.3 is 0 Å². The summed E-state index contributed by atoms with van der Waals surface area (Å²) >= 11 is 5.88. The van der Waals surface area contributed by atoms with Gasteiger partial charge in [0.05, 0.1) is 16.9 Å². The van der Waals surface area contributed by atoms with E-state index in [1.54, 1.807) is 17.1 Å². The highest BCUT2D eigenvalue weighted by molar-refractivity contribution is 6.30. The van der Waals surface area contributed by atoms with E-state index in [2.05, 4.69) is 10.4 Å². The number of amides is 1. The molecule has 2 fully saturated rings. The Morgan fingerprint density at radius 3 is 2.70 bits per heavy atom. The van der Waals surface area contributed by atoms with Gasteiger partial charge in [-0.1, -0.05) is 18.0 Å². The molecule has 1 N–H and O–H groups in total. The van der Waals surface area contributed by atoms with Crippen LogP contribution in [-0.2, 0) is 4.79 Å². The summed E-state index contributed by atoms with van der Waals surface area (Å²) in [5.41, 5.74) is 1.75. The van der Waals surface area contributed by atoms with Gasteiger partial charge < -0.3 is 5.32 Å². The fourth-order valence-electron chi connectivity index (χ4n) is 4.22. The molecule has 0 aliphatic heterocycles. The molecule has 2 bridgehead atoms. The summed E-state index contributed by atoms with van der Waals surface area (Å²) in [6.07, 6.45) is 9.32. The zero-order valence-electron chi connectivity index (χ0n) is 12.9. The van der Waals surface area contributed by atoms with Crippen molar-refractivity contribution in [1.82, 2.24) is 9.78 Å². The van der Waals surface area contributed by atoms with E-state index in [4.69, 9.17) is 11.6 Å². The number of aromatic nitrogens is 2. The molecule has 23 heavy (non-hydrogen) atoms. The number of rotatable bonds is 4. The Morgan fingerprint density at radius 1 is 1.26 bits per heavy atom. The van der Waals surface area contributed by atoms with Crippen LogP contribution < -0.4 is 5.32 Å². The van der Waals surface area contributed by atoms with Gasteiger partial charge in [-0.25, -0.2) is 4.68 Å². The van der Waals surface area contributed by atoms with Gasteiger partial charge in [-0.2, -0.15) is 5.10 Å². The monoisotopic (exact) mass is 329 g/mol. The van der Waals surface area contributed by atoms with Crippen molar-refractivity contribution in [3.05, 3.63) is 41.7 Å². The Kier molecular flexibility index (Phi) is 3.85. The quantitative estimate of drug-likeness (QED) is 0.909. The van der Waals surface area contributed by atoms with Gasteiger partial charge in [0, 0.05) is 18.3 Å². The van der Waals surface area contributed by atoms with E-state index >= 15 is 0 Å². The molecule has 0 spiro atoms. The SMILES string of the molecule is O=C(C[C@@H]1C[C@H]2CC[C@@H]1C2)Nc1ccc(-n2cc(Cl)cn2)cc1. The zero-order valence-corrected chi connectivity index (χ0v) is 13.7. The minimum absolute atomic E-state index is 0.137. The highest BCUT2D eigenvalue weighted by atomic mass is 35.5. The second-order valence-corrected chi connectivity index (χ2v) is 7.27. The van der Waals surface area contributed by atoms with Crippen molar-refractivity contribution < 1.29 is 4.79 Å². The highest BCUT2D eigenvalue weighted by Gasteiger charge is 2.40. The Balaban J connectivity index is 1.36. The Labute approximate surface area is 140 Å². The molecule has 1 amide bonds. The van der Waals surface area contributed by atoms with E-state index in [1.807, 2.05) is 24.3 Å². The van der Waals surface area contributed by atoms with Crippen LogP contribution in [0.1, 0.15) is 32.1 Å². The van der Waals surface area contributed by atoms with Gasteiger partial charge in [-0.05, 0) is 61.3 Å². The maximum Gasteiger partial charge on any atom is 0.224 e. The molecule has 2 aliphatic carbocycles. The van der Waals surface area contributed by atoms with Gasteiger partial charge in [-0.3, -0.25) is 4.79 Å². The lowest BCUT2D eigenvalue weighted by Crippen LogP contribution is -2.20. The van der Waals surface area contributed by atoms with E-state index < -0.39 is 0 Å². The summed E-state index contributed by atoms with van der Waals surface area (Å²) in [5.74, 6) is 2.41. The fraction of sp³-hybridized carbons (Fsp3) is 0.444. The molecule has 2 aliphatic rings. The molecule has 4 rings (SSSR count). The van der Waals surface area contributed by atoms with Gasteiger partial charge in [0.15, 0.2) is 0 Å². The molecule has 1 aromatic heterocycles. The van der Waals surface area contributed by atoms with Gasteiger partial charge in [-0.15, -0.1) is 0 Å². The molecule has 2 saturated carbocycles. The summed E-state index contributed by atoms with van der Waals surface area (Å²) < 4.78 is 1.71. The van der Waals surface area contributed by atoms with E-state index in [-0.39, 0.29) is 5.91 Å². The van der Waals surface area contributed by atoms with Crippen LogP contribution in [-0.4, -0.2) is 15.7 Å². The fourth-order valence-corrected chi connectivity index (χ4v) is 4.35. The first-order valence-corrected chi connectivity index (χ1v) is 8.65. The molecular weight excluding hydrogens is 310 g/mol. The molecule has 0 saturated heterocycles. The Bertz CT molecular complexity index is 709. The van der Waals surface area contributed by atoms with Crippen LogP contribution in [0.2, 0.25) is 5.02 Å². The number of nitrogens with zero attached hydrogens (tertiary/aromatic N) is 2. The van der Waals surface area contributed by atoms with Crippen molar-refractivity contribution in [2.75, 3.05) is 5.32 Å². The number of carbonyl (C=O) groups is 1. The van der Waals surface area contributed by atoms with Crippen molar-refractivity contribution in [3.8, 4) is 5.69 Å². The summed E-state index contributed by atoms with van der Waals surface area (Å²) in [5, 5.41) is 7.79. The normalized spacial score (nSPS) is 25.7. The molecule has 5 heteroatoms. The van der Waals surface area contributed by atoms with Crippen molar-refractivity contribution in [3.63, 3.8) is 0 Å². The van der Waals surface area contributed by atoms with E-state index in [1.165, 1.54) is 25.7 Å². The minimum atomic E-state index is 0.137. The van der Waals surface area contributed by atoms with Crippen LogP contribution >= 0.6 is 11.6 Å². The Hall–Kier alpha value is -1.81. The van der Waals surface area contributed by atoms with Gasteiger partial charge in [0.2, 0.25) is 5.91 Å². The first-order valence-electron chi connectivity index (χ1n) is 8.28. The average Bonchev–Trinajstić information content (AvgIpc) is 3.25. The van der Waals surface area contributed by atoms with Crippen LogP contribution in [0.15, 0.2) is 36.7 Å². The molecule has 1 heterocycles. The number of fused-ring (bicyclic) bond motifs is 2. The number of carbonyl (C=O) groups excluding carboxylic acids is 1. The van der Waals surface area contributed by atoms with Crippen molar-refractivity contribution in [2.45, 2.75) is 32.1 Å². The molecule has 4 nitrogen and oxygen atoms in total. The lowest BCUT2D eigenvalue weighted by atomic mass is 9.86. The summed E-state index contributed by atoms with van der Waals surface area (Å²) in [4.78, 5) is 12.3. The highest BCUT2D eigenvalue weighted by Crippen LogP contribution is 2.49. The van der Waals surface area contributed by atoms with Crippen molar-refractivity contribution in [2.24, 2.45) is 17.8 Å². The number of hydrogen-bond acceptors (Lipinski definition) is 2. The predicted octanol–water partition coefficient (Wildman–Crippen LogP) is 4.29. The maximum absolute atomic E-state index is 12.3. The molecule has 3 atom stereocenters. The Morgan fingerprint density at radius 2 is 2.09 bits per heavy atom. The number of benzene rings is 1.